The highest BCUT2D eigenvalue weighted by molar-refractivity contribution is 5.41. The van der Waals surface area contributed by atoms with E-state index in [0.717, 1.165) is 31.5 Å². The van der Waals surface area contributed by atoms with Crippen molar-refractivity contribution in [3.63, 3.8) is 0 Å². The fourth-order valence-corrected chi connectivity index (χ4v) is 3.10. The molecule has 1 saturated carbocycles. The fourth-order valence-electron chi connectivity index (χ4n) is 3.10. The molecule has 0 aromatic heterocycles. The third-order valence-corrected chi connectivity index (χ3v) is 4.40. The van der Waals surface area contributed by atoms with E-state index in [4.69, 9.17) is 4.74 Å². The van der Waals surface area contributed by atoms with Crippen molar-refractivity contribution in [3.05, 3.63) is 23.8 Å². The van der Waals surface area contributed by atoms with Gasteiger partial charge in [0.25, 0.3) is 0 Å². The minimum absolute atomic E-state index is 0.0535. The number of phenolic OH excluding ortho intramolecular Hbond substituents is 1. The Bertz CT molecular complexity index is 442. The molecule has 0 radical (unpaired) electrons. The molecule has 0 amide bonds. The first-order chi connectivity index (χ1) is 10.2. The molecule has 0 bridgehead atoms. The van der Waals surface area contributed by atoms with Gasteiger partial charge in [-0.05, 0) is 37.5 Å². The molecule has 1 aliphatic rings. The maximum Gasteiger partial charge on any atom is 0.161 e. The Morgan fingerprint density at radius 1 is 1.24 bits per heavy atom. The highest BCUT2D eigenvalue weighted by Gasteiger charge is 2.30. The number of ether oxygens (including phenoxy) is 1. The lowest BCUT2D eigenvalue weighted by Crippen LogP contribution is -2.38. The van der Waals surface area contributed by atoms with Crippen molar-refractivity contribution < 1.29 is 14.9 Å². The maximum absolute atomic E-state index is 9.70. The SMILES string of the molecule is CCOc1cc(CNCC2(CO)CCCCC2)ccc1O. The minimum atomic E-state index is 0.0535. The highest BCUT2D eigenvalue weighted by Crippen LogP contribution is 2.35. The summed E-state index contributed by atoms with van der Waals surface area (Å²) in [6.45, 7) is 4.27. The van der Waals surface area contributed by atoms with Crippen molar-refractivity contribution in [2.45, 2.75) is 45.6 Å². The predicted molar refractivity (Wildman–Crippen MR) is 83.6 cm³/mol. The summed E-state index contributed by atoms with van der Waals surface area (Å²) in [7, 11) is 0. The Labute approximate surface area is 127 Å². The molecule has 118 valence electrons. The van der Waals surface area contributed by atoms with E-state index in [9.17, 15) is 10.2 Å². The summed E-state index contributed by atoms with van der Waals surface area (Å²) in [4.78, 5) is 0. The maximum atomic E-state index is 9.70. The van der Waals surface area contributed by atoms with Crippen LogP contribution in [0.2, 0.25) is 0 Å². The quantitative estimate of drug-likeness (QED) is 0.723. The number of phenols is 1. The first-order valence-corrected chi connectivity index (χ1v) is 7.95. The first kappa shape index (κ1) is 16.1. The van der Waals surface area contributed by atoms with E-state index in [1.54, 1.807) is 6.07 Å². The first-order valence-electron chi connectivity index (χ1n) is 7.95. The summed E-state index contributed by atoms with van der Waals surface area (Å²) in [6, 6.07) is 5.44. The highest BCUT2D eigenvalue weighted by atomic mass is 16.5. The van der Waals surface area contributed by atoms with Crippen molar-refractivity contribution in [1.82, 2.24) is 5.32 Å². The molecule has 1 fully saturated rings. The van der Waals surface area contributed by atoms with Gasteiger partial charge in [-0.25, -0.2) is 0 Å². The smallest absolute Gasteiger partial charge is 0.161 e. The van der Waals surface area contributed by atoms with Crippen molar-refractivity contribution in [2.24, 2.45) is 5.41 Å². The Balaban J connectivity index is 1.89. The van der Waals surface area contributed by atoms with Gasteiger partial charge in [0.15, 0.2) is 11.5 Å². The molecule has 0 spiro atoms. The summed E-state index contributed by atoms with van der Waals surface area (Å²) in [5, 5.41) is 22.8. The van der Waals surface area contributed by atoms with Crippen LogP contribution in [0.15, 0.2) is 18.2 Å². The molecule has 0 heterocycles. The van der Waals surface area contributed by atoms with Gasteiger partial charge in [-0.15, -0.1) is 0 Å². The second kappa shape index (κ2) is 7.66. The Hall–Kier alpha value is -1.26. The number of benzene rings is 1. The molecule has 4 heteroatoms. The van der Waals surface area contributed by atoms with Crippen LogP contribution in [0.4, 0.5) is 0 Å². The molecule has 2 rings (SSSR count). The summed E-state index contributed by atoms with van der Waals surface area (Å²) in [5.41, 5.74) is 1.14. The van der Waals surface area contributed by atoms with E-state index in [-0.39, 0.29) is 17.8 Å². The van der Waals surface area contributed by atoms with Crippen LogP contribution in [0.25, 0.3) is 0 Å². The average molecular weight is 293 g/mol. The van der Waals surface area contributed by atoms with Crippen molar-refractivity contribution >= 4 is 0 Å². The Kier molecular flexibility index (Phi) is 5.88. The molecule has 4 nitrogen and oxygen atoms in total. The van der Waals surface area contributed by atoms with Gasteiger partial charge in [-0.2, -0.15) is 0 Å². The lowest BCUT2D eigenvalue weighted by atomic mass is 9.74. The van der Waals surface area contributed by atoms with Gasteiger partial charge in [0.2, 0.25) is 0 Å². The molecule has 1 aliphatic carbocycles. The zero-order valence-electron chi connectivity index (χ0n) is 12.9. The standard InChI is InChI=1S/C17H27NO3/c1-2-21-16-10-14(6-7-15(16)20)11-18-12-17(13-19)8-4-3-5-9-17/h6-7,10,18-20H,2-5,8-9,11-13H2,1H3. The monoisotopic (exact) mass is 293 g/mol. The molecular formula is C17H27NO3. The van der Waals surface area contributed by atoms with Crippen molar-refractivity contribution in [1.29, 1.82) is 0 Å². The van der Waals surface area contributed by atoms with Crippen LogP contribution >= 0.6 is 0 Å². The lowest BCUT2D eigenvalue weighted by molar-refractivity contribution is 0.0810. The van der Waals surface area contributed by atoms with E-state index in [0.29, 0.717) is 12.4 Å². The third kappa shape index (κ3) is 4.35. The van der Waals surface area contributed by atoms with E-state index in [1.807, 2.05) is 19.1 Å². The summed E-state index contributed by atoms with van der Waals surface area (Å²) < 4.78 is 5.40. The molecule has 0 atom stereocenters. The number of hydrogen-bond donors (Lipinski definition) is 3. The summed E-state index contributed by atoms with van der Waals surface area (Å²) in [5.74, 6) is 0.714. The number of aromatic hydroxyl groups is 1. The zero-order chi connectivity index (χ0) is 15.1. The number of aliphatic hydroxyl groups is 1. The van der Waals surface area contributed by atoms with Crippen LogP contribution in [0.5, 0.6) is 11.5 Å². The molecular weight excluding hydrogens is 266 g/mol. The predicted octanol–water partition coefficient (Wildman–Crippen LogP) is 2.82. The molecule has 1 aromatic rings. The van der Waals surface area contributed by atoms with Gasteiger partial charge in [0.1, 0.15) is 0 Å². The van der Waals surface area contributed by atoms with Gasteiger partial charge in [0, 0.05) is 25.1 Å². The van der Waals surface area contributed by atoms with Gasteiger partial charge in [0.05, 0.1) is 6.61 Å². The molecule has 0 saturated heterocycles. The molecule has 0 aliphatic heterocycles. The lowest BCUT2D eigenvalue weighted by Gasteiger charge is -2.35. The summed E-state index contributed by atoms with van der Waals surface area (Å²) >= 11 is 0. The zero-order valence-corrected chi connectivity index (χ0v) is 12.9. The fraction of sp³-hybridized carbons (Fsp3) is 0.647. The minimum Gasteiger partial charge on any atom is -0.504 e. The average Bonchev–Trinajstić information content (AvgIpc) is 2.52. The van der Waals surface area contributed by atoms with E-state index in [2.05, 4.69) is 5.32 Å². The van der Waals surface area contributed by atoms with E-state index >= 15 is 0 Å². The van der Waals surface area contributed by atoms with Gasteiger partial charge < -0.3 is 20.3 Å². The molecule has 21 heavy (non-hydrogen) atoms. The van der Waals surface area contributed by atoms with Crippen LogP contribution in [0.3, 0.4) is 0 Å². The second-order valence-electron chi connectivity index (χ2n) is 6.06. The van der Waals surface area contributed by atoms with Crippen LogP contribution < -0.4 is 10.1 Å². The van der Waals surface area contributed by atoms with Gasteiger partial charge >= 0.3 is 0 Å². The van der Waals surface area contributed by atoms with E-state index in [1.165, 1.54) is 19.3 Å². The second-order valence-corrected chi connectivity index (χ2v) is 6.06. The van der Waals surface area contributed by atoms with Crippen molar-refractivity contribution in [3.8, 4) is 11.5 Å². The molecule has 3 N–H and O–H groups in total. The number of nitrogens with one attached hydrogen (secondary N) is 1. The number of hydrogen-bond acceptors (Lipinski definition) is 4. The van der Waals surface area contributed by atoms with E-state index < -0.39 is 0 Å². The number of aliphatic hydroxyl groups excluding tert-OH is 1. The van der Waals surface area contributed by atoms with Crippen LogP contribution in [0.1, 0.15) is 44.6 Å². The van der Waals surface area contributed by atoms with Crippen molar-refractivity contribution in [2.75, 3.05) is 19.8 Å². The number of rotatable bonds is 7. The normalized spacial score (nSPS) is 17.6. The Morgan fingerprint density at radius 2 is 2.00 bits per heavy atom. The molecule has 1 aromatic carbocycles. The van der Waals surface area contributed by atoms with Crippen LogP contribution in [-0.2, 0) is 6.54 Å². The molecule has 0 unspecified atom stereocenters. The summed E-state index contributed by atoms with van der Waals surface area (Å²) in [6.07, 6.45) is 5.94. The van der Waals surface area contributed by atoms with Crippen LogP contribution in [-0.4, -0.2) is 30.0 Å². The van der Waals surface area contributed by atoms with Gasteiger partial charge in [-0.1, -0.05) is 25.3 Å². The Morgan fingerprint density at radius 3 is 2.67 bits per heavy atom. The van der Waals surface area contributed by atoms with Crippen LogP contribution in [0, 0.1) is 5.41 Å². The largest absolute Gasteiger partial charge is 0.504 e. The van der Waals surface area contributed by atoms with Gasteiger partial charge in [-0.3, -0.25) is 0 Å². The third-order valence-electron chi connectivity index (χ3n) is 4.40. The topological polar surface area (TPSA) is 61.7 Å².